The molecule has 0 fully saturated rings. The zero-order chi connectivity index (χ0) is 16.0. The molecule has 0 amide bonds. The summed E-state index contributed by atoms with van der Waals surface area (Å²) in [6.07, 6.45) is 3.68. The van der Waals surface area contributed by atoms with Gasteiger partial charge in [0.05, 0.1) is 17.3 Å². The highest BCUT2D eigenvalue weighted by Gasteiger charge is 2.36. The van der Waals surface area contributed by atoms with Crippen LogP contribution in [0.1, 0.15) is 24.5 Å². The Balaban J connectivity index is 2.02. The number of alkyl halides is 4. The molecule has 1 atom stereocenters. The van der Waals surface area contributed by atoms with Gasteiger partial charge in [-0.2, -0.15) is 18.3 Å². The van der Waals surface area contributed by atoms with Gasteiger partial charge in [-0.15, -0.1) is 0 Å². The lowest BCUT2D eigenvalue weighted by atomic mass is 9.76. The van der Waals surface area contributed by atoms with Gasteiger partial charge in [0.15, 0.2) is 0 Å². The largest absolute Gasteiger partial charge is 0.416 e. The molecular weight excluding hydrogens is 357 g/mol. The molecule has 0 aliphatic heterocycles. The Morgan fingerprint density at radius 1 is 1.41 bits per heavy atom. The number of hydrogen-bond acceptors (Lipinski definition) is 1. The monoisotopic (exact) mass is 370 g/mol. The van der Waals surface area contributed by atoms with Gasteiger partial charge in [-0.05, 0) is 24.1 Å². The molecule has 0 saturated heterocycles. The Kier molecular flexibility index (Phi) is 3.67. The molecule has 1 unspecified atom stereocenters. The summed E-state index contributed by atoms with van der Waals surface area (Å²) < 4.78 is 40.0. The molecule has 0 spiro atoms. The zero-order valence-corrected chi connectivity index (χ0v) is 13.4. The maximum atomic E-state index is 12.7. The summed E-state index contributed by atoms with van der Waals surface area (Å²) in [5.41, 5.74) is 1.89. The Morgan fingerprint density at radius 2 is 2.18 bits per heavy atom. The molecule has 2 aromatic rings. The van der Waals surface area contributed by atoms with Crippen LogP contribution in [0.5, 0.6) is 0 Å². The average Bonchev–Trinajstić information content (AvgIpc) is 2.90. The Morgan fingerprint density at radius 3 is 2.77 bits per heavy atom. The third-order valence-electron chi connectivity index (χ3n) is 4.06. The lowest BCUT2D eigenvalue weighted by Crippen LogP contribution is -2.23. The Bertz CT molecular complexity index is 773. The molecule has 2 nitrogen and oxygen atoms in total. The van der Waals surface area contributed by atoms with Crippen LogP contribution in [0.3, 0.4) is 0 Å². The van der Waals surface area contributed by atoms with Crippen molar-refractivity contribution in [2.45, 2.75) is 30.3 Å². The third kappa shape index (κ3) is 2.60. The highest BCUT2D eigenvalue weighted by atomic mass is 79.9. The van der Waals surface area contributed by atoms with Crippen molar-refractivity contribution in [3.05, 3.63) is 59.5 Å². The first-order chi connectivity index (χ1) is 10.3. The highest BCUT2D eigenvalue weighted by Crippen LogP contribution is 2.39. The summed E-state index contributed by atoms with van der Waals surface area (Å²) in [4.78, 5) is 0. The molecule has 22 heavy (non-hydrogen) atoms. The standard InChI is InChI=1S/C16H14BrF3N2/c1-15(5-2-12(3-6-15)16(18,19)20)13-10-21-22-7-4-11(9-17)8-14(13)22/h2-5,7-8,10H,6,9H2,1H3. The maximum absolute atomic E-state index is 12.7. The summed E-state index contributed by atoms with van der Waals surface area (Å²) in [5.74, 6) is 0. The molecule has 0 N–H and O–H groups in total. The van der Waals surface area contributed by atoms with Gasteiger partial charge in [-0.25, -0.2) is 4.52 Å². The van der Waals surface area contributed by atoms with Crippen molar-refractivity contribution in [1.82, 2.24) is 9.61 Å². The minimum atomic E-state index is -4.29. The van der Waals surface area contributed by atoms with Crippen molar-refractivity contribution >= 4 is 21.4 Å². The molecule has 2 heterocycles. The van der Waals surface area contributed by atoms with Gasteiger partial charge >= 0.3 is 6.18 Å². The van der Waals surface area contributed by atoms with Crippen LogP contribution in [0.15, 0.2) is 48.3 Å². The Labute approximate surface area is 134 Å². The summed E-state index contributed by atoms with van der Waals surface area (Å²) >= 11 is 3.42. The van der Waals surface area contributed by atoms with Gasteiger partial charge in [0, 0.05) is 22.5 Å². The average molecular weight is 371 g/mol. The van der Waals surface area contributed by atoms with E-state index in [2.05, 4.69) is 21.0 Å². The van der Waals surface area contributed by atoms with E-state index in [1.165, 1.54) is 12.2 Å². The van der Waals surface area contributed by atoms with E-state index in [1.807, 2.05) is 25.3 Å². The predicted molar refractivity (Wildman–Crippen MR) is 83.1 cm³/mol. The minimum absolute atomic E-state index is 0.304. The van der Waals surface area contributed by atoms with E-state index in [9.17, 15) is 13.2 Å². The summed E-state index contributed by atoms with van der Waals surface area (Å²) in [5, 5.41) is 5.03. The number of halogens is 4. The van der Waals surface area contributed by atoms with E-state index in [4.69, 9.17) is 0 Å². The van der Waals surface area contributed by atoms with Crippen molar-refractivity contribution in [2.75, 3.05) is 0 Å². The number of rotatable bonds is 2. The van der Waals surface area contributed by atoms with Crippen LogP contribution < -0.4 is 0 Å². The van der Waals surface area contributed by atoms with E-state index < -0.39 is 17.2 Å². The molecule has 0 radical (unpaired) electrons. The van der Waals surface area contributed by atoms with Crippen molar-refractivity contribution in [3.8, 4) is 0 Å². The minimum Gasteiger partial charge on any atom is -0.241 e. The van der Waals surface area contributed by atoms with Crippen molar-refractivity contribution in [2.24, 2.45) is 0 Å². The van der Waals surface area contributed by atoms with Crippen molar-refractivity contribution < 1.29 is 13.2 Å². The fourth-order valence-electron chi connectivity index (χ4n) is 2.69. The summed E-state index contributed by atoms with van der Waals surface area (Å²) in [7, 11) is 0. The van der Waals surface area contributed by atoms with Gasteiger partial charge in [-0.1, -0.05) is 41.1 Å². The van der Waals surface area contributed by atoms with Crippen LogP contribution >= 0.6 is 15.9 Å². The van der Waals surface area contributed by atoms with Gasteiger partial charge in [0.25, 0.3) is 0 Å². The van der Waals surface area contributed by atoms with Crippen LogP contribution in [0.2, 0.25) is 0 Å². The summed E-state index contributed by atoms with van der Waals surface area (Å²) in [6.45, 7) is 1.94. The molecule has 1 aliphatic rings. The van der Waals surface area contributed by atoms with Gasteiger partial charge in [-0.3, -0.25) is 0 Å². The number of hydrogen-bond donors (Lipinski definition) is 0. The summed E-state index contributed by atoms with van der Waals surface area (Å²) in [6, 6.07) is 3.97. The van der Waals surface area contributed by atoms with Gasteiger partial charge in [0.2, 0.25) is 0 Å². The van der Waals surface area contributed by atoms with Crippen LogP contribution in [0, 0.1) is 0 Å². The third-order valence-corrected chi connectivity index (χ3v) is 4.71. The quantitative estimate of drug-likeness (QED) is 0.684. The first kappa shape index (κ1) is 15.3. The maximum Gasteiger partial charge on any atom is 0.416 e. The van der Waals surface area contributed by atoms with Crippen LogP contribution in [0.25, 0.3) is 5.52 Å². The molecule has 0 aromatic carbocycles. The van der Waals surface area contributed by atoms with E-state index in [0.29, 0.717) is 6.42 Å². The number of allylic oxidation sites excluding steroid dienone is 4. The van der Waals surface area contributed by atoms with Gasteiger partial charge < -0.3 is 0 Å². The fourth-order valence-corrected chi connectivity index (χ4v) is 3.04. The van der Waals surface area contributed by atoms with Crippen LogP contribution in [0.4, 0.5) is 13.2 Å². The molecule has 1 aliphatic carbocycles. The van der Waals surface area contributed by atoms with E-state index >= 15 is 0 Å². The zero-order valence-electron chi connectivity index (χ0n) is 11.9. The lowest BCUT2D eigenvalue weighted by molar-refractivity contribution is -0.0887. The molecule has 3 rings (SSSR count). The molecular formula is C16H14BrF3N2. The SMILES string of the molecule is CC1(c2cnn3ccc(CBr)cc23)C=CC(C(F)(F)F)=CC1. The van der Waals surface area contributed by atoms with Crippen LogP contribution in [-0.4, -0.2) is 15.8 Å². The van der Waals surface area contributed by atoms with Gasteiger partial charge in [0.1, 0.15) is 0 Å². The second-order valence-corrected chi connectivity index (χ2v) is 6.23. The highest BCUT2D eigenvalue weighted by molar-refractivity contribution is 9.08. The molecule has 2 aromatic heterocycles. The topological polar surface area (TPSA) is 17.3 Å². The second kappa shape index (κ2) is 5.26. The number of aromatic nitrogens is 2. The predicted octanol–water partition coefficient (Wildman–Crippen LogP) is 4.94. The van der Waals surface area contributed by atoms with Crippen LogP contribution in [-0.2, 0) is 10.7 Å². The van der Waals surface area contributed by atoms with Crippen molar-refractivity contribution in [1.29, 1.82) is 0 Å². The lowest BCUT2D eigenvalue weighted by Gasteiger charge is -2.28. The second-order valence-electron chi connectivity index (χ2n) is 5.67. The normalized spacial score (nSPS) is 22.1. The molecule has 0 saturated carbocycles. The number of nitrogens with zero attached hydrogens (tertiary/aromatic N) is 2. The molecule has 6 heteroatoms. The van der Waals surface area contributed by atoms with Crippen molar-refractivity contribution in [3.63, 3.8) is 0 Å². The van der Waals surface area contributed by atoms with E-state index in [1.54, 1.807) is 16.8 Å². The first-order valence-electron chi connectivity index (χ1n) is 6.83. The smallest absolute Gasteiger partial charge is 0.241 e. The van der Waals surface area contributed by atoms with E-state index in [0.717, 1.165) is 22.0 Å². The number of fused-ring (bicyclic) bond motifs is 1. The Hall–Kier alpha value is -1.56. The number of pyridine rings is 1. The molecule has 0 bridgehead atoms. The fraction of sp³-hybridized carbons (Fsp3) is 0.312. The molecule has 116 valence electrons. The van der Waals surface area contributed by atoms with E-state index in [-0.39, 0.29) is 0 Å². The first-order valence-corrected chi connectivity index (χ1v) is 7.95.